The molecule has 0 aromatic carbocycles. The standard InChI is InChI=1S/C11H23N3OS/c1-8(2)14(7-6-10(12)16)9(3)11(15)13(4)5/h8-9H,6-7H2,1-5H3,(H2,12,16). The third-order valence-electron chi connectivity index (χ3n) is 2.58. The molecule has 0 saturated heterocycles. The van der Waals surface area contributed by atoms with Crippen molar-refractivity contribution in [3.63, 3.8) is 0 Å². The summed E-state index contributed by atoms with van der Waals surface area (Å²) in [5, 5.41) is 0. The molecule has 0 aromatic heterocycles. The van der Waals surface area contributed by atoms with Crippen molar-refractivity contribution in [1.82, 2.24) is 9.80 Å². The molecule has 0 aliphatic heterocycles. The number of nitrogens with zero attached hydrogens (tertiary/aromatic N) is 2. The molecule has 0 heterocycles. The molecule has 0 bridgehead atoms. The molecule has 16 heavy (non-hydrogen) atoms. The van der Waals surface area contributed by atoms with E-state index in [0.29, 0.717) is 17.5 Å². The first-order chi connectivity index (χ1) is 7.27. The highest BCUT2D eigenvalue weighted by Gasteiger charge is 2.24. The van der Waals surface area contributed by atoms with Crippen molar-refractivity contribution in [3.05, 3.63) is 0 Å². The van der Waals surface area contributed by atoms with Crippen LogP contribution in [0.4, 0.5) is 0 Å². The van der Waals surface area contributed by atoms with Crippen LogP contribution in [0.25, 0.3) is 0 Å². The summed E-state index contributed by atoms with van der Waals surface area (Å²) in [5.41, 5.74) is 5.49. The van der Waals surface area contributed by atoms with E-state index in [2.05, 4.69) is 18.7 Å². The SMILES string of the molecule is CC(C)N(CCC(N)=S)C(C)C(=O)N(C)C. The predicted octanol–water partition coefficient (Wildman–Crippen LogP) is 0.850. The van der Waals surface area contributed by atoms with Gasteiger partial charge in [-0.3, -0.25) is 9.69 Å². The number of hydrogen-bond acceptors (Lipinski definition) is 3. The summed E-state index contributed by atoms with van der Waals surface area (Å²) in [4.78, 5) is 16.1. The van der Waals surface area contributed by atoms with Crippen LogP contribution in [-0.4, -0.2) is 53.4 Å². The van der Waals surface area contributed by atoms with Gasteiger partial charge < -0.3 is 10.6 Å². The fourth-order valence-corrected chi connectivity index (χ4v) is 1.75. The van der Waals surface area contributed by atoms with Crippen LogP contribution >= 0.6 is 12.2 Å². The second-order valence-electron chi connectivity index (χ2n) is 4.46. The Morgan fingerprint density at radius 2 is 1.81 bits per heavy atom. The van der Waals surface area contributed by atoms with Gasteiger partial charge in [-0.15, -0.1) is 0 Å². The Labute approximate surface area is 104 Å². The largest absolute Gasteiger partial charge is 0.393 e. The number of rotatable bonds is 6. The van der Waals surface area contributed by atoms with Crippen molar-refractivity contribution in [2.24, 2.45) is 5.73 Å². The van der Waals surface area contributed by atoms with Gasteiger partial charge in [0.25, 0.3) is 0 Å². The highest BCUT2D eigenvalue weighted by molar-refractivity contribution is 7.80. The quantitative estimate of drug-likeness (QED) is 0.705. The van der Waals surface area contributed by atoms with Gasteiger partial charge in [0.15, 0.2) is 0 Å². The molecule has 0 fully saturated rings. The molecule has 0 aliphatic carbocycles. The molecule has 5 heteroatoms. The zero-order valence-corrected chi connectivity index (χ0v) is 11.7. The third kappa shape index (κ3) is 4.90. The molecule has 0 radical (unpaired) electrons. The van der Waals surface area contributed by atoms with Gasteiger partial charge in [0.1, 0.15) is 0 Å². The Morgan fingerprint density at radius 3 is 2.12 bits per heavy atom. The van der Waals surface area contributed by atoms with Gasteiger partial charge in [-0.1, -0.05) is 12.2 Å². The smallest absolute Gasteiger partial charge is 0.239 e. The Hall–Kier alpha value is -0.680. The highest BCUT2D eigenvalue weighted by atomic mass is 32.1. The first kappa shape index (κ1) is 15.3. The van der Waals surface area contributed by atoms with E-state index in [1.807, 2.05) is 6.92 Å². The van der Waals surface area contributed by atoms with Crippen LogP contribution in [0.3, 0.4) is 0 Å². The Balaban J connectivity index is 4.52. The molecular formula is C11H23N3OS. The van der Waals surface area contributed by atoms with Gasteiger partial charge >= 0.3 is 0 Å². The van der Waals surface area contributed by atoms with E-state index >= 15 is 0 Å². The van der Waals surface area contributed by atoms with Crippen LogP contribution in [0.5, 0.6) is 0 Å². The minimum absolute atomic E-state index is 0.108. The molecule has 0 aromatic rings. The molecule has 0 aliphatic rings. The molecule has 4 nitrogen and oxygen atoms in total. The maximum Gasteiger partial charge on any atom is 0.239 e. The normalized spacial score (nSPS) is 12.9. The van der Waals surface area contributed by atoms with Crippen molar-refractivity contribution in [2.45, 2.75) is 39.3 Å². The van der Waals surface area contributed by atoms with Crippen LogP contribution in [-0.2, 0) is 4.79 Å². The number of nitrogens with two attached hydrogens (primary N) is 1. The number of carbonyl (C=O) groups excluding carboxylic acids is 1. The molecule has 1 atom stereocenters. The zero-order valence-electron chi connectivity index (χ0n) is 10.9. The Bertz CT molecular complexity index is 254. The van der Waals surface area contributed by atoms with Crippen molar-refractivity contribution < 1.29 is 4.79 Å². The van der Waals surface area contributed by atoms with Crippen LogP contribution in [0.1, 0.15) is 27.2 Å². The van der Waals surface area contributed by atoms with Gasteiger partial charge in [-0.2, -0.15) is 0 Å². The van der Waals surface area contributed by atoms with E-state index in [1.165, 1.54) is 0 Å². The molecule has 0 spiro atoms. The number of thiocarbonyl (C=S) groups is 1. The minimum Gasteiger partial charge on any atom is -0.393 e. The highest BCUT2D eigenvalue weighted by Crippen LogP contribution is 2.08. The zero-order chi connectivity index (χ0) is 12.9. The molecule has 94 valence electrons. The average molecular weight is 245 g/mol. The minimum atomic E-state index is -0.135. The van der Waals surface area contributed by atoms with Crippen LogP contribution < -0.4 is 5.73 Å². The Kier molecular flexibility index (Phi) is 6.52. The van der Waals surface area contributed by atoms with Crippen LogP contribution in [0.15, 0.2) is 0 Å². The lowest BCUT2D eigenvalue weighted by Gasteiger charge is -2.33. The monoisotopic (exact) mass is 245 g/mol. The maximum absolute atomic E-state index is 11.9. The first-order valence-electron chi connectivity index (χ1n) is 5.52. The van der Waals surface area contributed by atoms with Crippen LogP contribution in [0.2, 0.25) is 0 Å². The molecule has 0 rings (SSSR count). The van der Waals surface area contributed by atoms with E-state index in [9.17, 15) is 4.79 Å². The topological polar surface area (TPSA) is 49.6 Å². The second-order valence-corrected chi connectivity index (χ2v) is 4.98. The molecule has 2 N–H and O–H groups in total. The van der Waals surface area contributed by atoms with Gasteiger partial charge in [-0.05, 0) is 20.8 Å². The summed E-state index contributed by atoms with van der Waals surface area (Å²) >= 11 is 4.86. The van der Waals surface area contributed by atoms with Gasteiger partial charge in [0, 0.05) is 33.1 Å². The van der Waals surface area contributed by atoms with E-state index in [0.717, 1.165) is 6.54 Å². The van der Waals surface area contributed by atoms with Gasteiger partial charge in [0.05, 0.1) is 11.0 Å². The summed E-state index contributed by atoms with van der Waals surface area (Å²) in [6.07, 6.45) is 0.651. The number of amides is 1. The average Bonchev–Trinajstić information content (AvgIpc) is 2.15. The first-order valence-corrected chi connectivity index (χ1v) is 5.93. The fraction of sp³-hybridized carbons (Fsp3) is 0.818. The van der Waals surface area contributed by atoms with Crippen molar-refractivity contribution in [3.8, 4) is 0 Å². The number of likely N-dealkylation sites (N-methyl/N-ethyl adjacent to an activating group) is 1. The van der Waals surface area contributed by atoms with Gasteiger partial charge in [-0.25, -0.2) is 0 Å². The Morgan fingerprint density at radius 1 is 1.31 bits per heavy atom. The molecule has 1 amide bonds. The summed E-state index contributed by atoms with van der Waals surface area (Å²) < 4.78 is 0. The fourth-order valence-electron chi connectivity index (χ4n) is 1.65. The number of hydrogen-bond donors (Lipinski definition) is 1. The van der Waals surface area contributed by atoms with E-state index in [4.69, 9.17) is 18.0 Å². The molecule has 1 unspecified atom stereocenters. The predicted molar refractivity (Wildman–Crippen MR) is 71.4 cm³/mol. The van der Waals surface area contributed by atoms with Crippen molar-refractivity contribution >= 4 is 23.1 Å². The lowest BCUT2D eigenvalue weighted by molar-refractivity contribution is -0.134. The summed E-state index contributed by atoms with van der Waals surface area (Å²) in [5.74, 6) is 0.108. The van der Waals surface area contributed by atoms with E-state index in [1.54, 1.807) is 19.0 Å². The molecule has 0 saturated carbocycles. The third-order valence-corrected chi connectivity index (χ3v) is 2.78. The lowest BCUT2D eigenvalue weighted by Crippen LogP contribution is -2.48. The summed E-state index contributed by atoms with van der Waals surface area (Å²) in [6.45, 7) is 6.79. The van der Waals surface area contributed by atoms with E-state index in [-0.39, 0.29) is 11.9 Å². The summed E-state index contributed by atoms with van der Waals surface area (Å²) in [6, 6.07) is 0.164. The van der Waals surface area contributed by atoms with Gasteiger partial charge in [0.2, 0.25) is 5.91 Å². The number of carbonyl (C=O) groups is 1. The maximum atomic E-state index is 11.9. The van der Waals surface area contributed by atoms with Crippen LogP contribution in [0, 0.1) is 0 Å². The summed E-state index contributed by atoms with van der Waals surface area (Å²) in [7, 11) is 3.54. The second kappa shape index (κ2) is 6.81. The van der Waals surface area contributed by atoms with E-state index < -0.39 is 0 Å². The lowest BCUT2D eigenvalue weighted by atomic mass is 10.2. The van der Waals surface area contributed by atoms with Crippen molar-refractivity contribution in [2.75, 3.05) is 20.6 Å². The van der Waals surface area contributed by atoms with Crippen molar-refractivity contribution in [1.29, 1.82) is 0 Å². The molecular weight excluding hydrogens is 222 g/mol.